The van der Waals surface area contributed by atoms with E-state index in [1.54, 1.807) is 7.11 Å². The quantitative estimate of drug-likeness (QED) is 0.873. The summed E-state index contributed by atoms with van der Waals surface area (Å²) in [5.74, 6) is 1.75. The van der Waals surface area contributed by atoms with E-state index >= 15 is 0 Å². The Morgan fingerprint density at radius 1 is 1.43 bits per heavy atom. The Morgan fingerprint density at radius 2 is 2.24 bits per heavy atom. The average molecular weight is 288 g/mol. The summed E-state index contributed by atoms with van der Waals surface area (Å²) in [6.07, 6.45) is 4.62. The van der Waals surface area contributed by atoms with Gasteiger partial charge < -0.3 is 15.2 Å². The van der Waals surface area contributed by atoms with Crippen LogP contribution in [0.2, 0.25) is 0 Å². The fourth-order valence-electron chi connectivity index (χ4n) is 3.01. The van der Waals surface area contributed by atoms with Crippen molar-refractivity contribution in [1.29, 1.82) is 5.26 Å². The van der Waals surface area contributed by atoms with Gasteiger partial charge in [-0.25, -0.2) is 0 Å². The molecule has 4 heteroatoms. The number of nitriles is 1. The van der Waals surface area contributed by atoms with E-state index in [-0.39, 0.29) is 5.92 Å². The fraction of sp³-hybridized carbons (Fsp3) is 0.588. The largest absolute Gasteiger partial charge is 0.493 e. The van der Waals surface area contributed by atoms with E-state index in [4.69, 9.17) is 15.2 Å². The highest BCUT2D eigenvalue weighted by molar-refractivity contribution is 5.42. The Bertz CT molecular complexity index is 524. The third-order valence-corrected chi connectivity index (χ3v) is 4.44. The van der Waals surface area contributed by atoms with Crippen LogP contribution in [-0.4, -0.2) is 19.3 Å². The summed E-state index contributed by atoms with van der Waals surface area (Å²) in [5, 5.41) is 9.22. The summed E-state index contributed by atoms with van der Waals surface area (Å²) in [4.78, 5) is 0. The molecule has 1 aliphatic rings. The molecule has 0 heterocycles. The van der Waals surface area contributed by atoms with Crippen LogP contribution in [-0.2, 0) is 6.42 Å². The molecule has 2 rings (SSSR count). The molecule has 2 unspecified atom stereocenters. The smallest absolute Gasteiger partial charge is 0.161 e. The van der Waals surface area contributed by atoms with E-state index in [1.165, 1.54) is 5.56 Å². The normalized spacial score (nSPS) is 24.6. The minimum absolute atomic E-state index is 0.225. The third kappa shape index (κ3) is 3.48. The number of nitrogens with two attached hydrogens (primary N) is 1. The highest BCUT2D eigenvalue weighted by Gasteiger charge is 2.39. The Hall–Kier alpha value is -1.73. The van der Waals surface area contributed by atoms with Crippen LogP contribution in [0.1, 0.15) is 38.2 Å². The van der Waals surface area contributed by atoms with Crippen molar-refractivity contribution in [2.75, 3.05) is 13.7 Å². The van der Waals surface area contributed by atoms with Gasteiger partial charge in [-0.1, -0.05) is 19.4 Å². The molecule has 0 bridgehead atoms. The number of nitrogens with zero attached hydrogens (tertiary/aromatic N) is 1. The summed E-state index contributed by atoms with van der Waals surface area (Å²) in [6.45, 7) is 2.67. The Balaban J connectivity index is 1.93. The predicted molar refractivity (Wildman–Crippen MR) is 82.4 cm³/mol. The molecule has 1 aromatic carbocycles. The molecule has 114 valence electrons. The first-order valence-corrected chi connectivity index (χ1v) is 7.62. The summed E-state index contributed by atoms with van der Waals surface area (Å²) in [7, 11) is 1.65. The monoisotopic (exact) mass is 288 g/mol. The molecule has 0 saturated heterocycles. The van der Waals surface area contributed by atoms with Gasteiger partial charge in [-0.05, 0) is 49.3 Å². The van der Waals surface area contributed by atoms with Crippen LogP contribution in [0.3, 0.4) is 0 Å². The first-order valence-electron chi connectivity index (χ1n) is 7.62. The first-order chi connectivity index (χ1) is 10.1. The molecule has 4 nitrogen and oxygen atoms in total. The minimum Gasteiger partial charge on any atom is -0.493 e. The Kier molecular flexibility index (Phi) is 5.08. The zero-order valence-electron chi connectivity index (χ0n) is 12.9. The molecule has 2 atom stereocenters. The second kappa shape index (κ2) is 6.82. The van der Waals surface area contributed by atoms with Gasteiger partial charge in [-0.15, -0.1) is 0 Å². The average Bonchev–Trinajstić information content (AvgIpc) is 2.89. The fourth-order valence-corrected chi connectivity index (χ4v) is 3.01. The van der Waals surface area contributed by atoms with Crippen LogP contribution in [0.4, 0.5) is 0 Å². The minimum atomic E-state index is -0.667. The number of hydrogen-bond acceptors (Lipinski definition) is 4. The molecule has 1 fully saturated rings. The molecule has 1 saturated carbocycles. The lowest BCUT2D eigenvalue weighted by atomic mass is 9.87. The highest BCUT2D eigenvalue weighted by Crippen LogP contribution is 2.36. The van der Waals surface area contributed by atoms with E-state index in [0.717, 1.165) is 43.6 Å². The van der Waals surface area contributed by atoms with Crippen molar-refractivity contribution in [2.45, 2.75) is 44.6 Å². The van der Waals surface area contributed by atoms with Crippen molar-refractivity contribution in [3.63, 3.8) is 0 Å². The Labute approximate surface area is 126 Å². The lowest BCUT2D eigenvalue weighted by molar-refractivity contribution is 0.245. The molecule has 21 heavy (non-hydrogen) atoms. The van der Waals surface area contributed by atoms with E-state index in [9.17, 15) is 5.26 Å². The number of benzene rings is 1. The SMILES string of the molecule is CCc1ccc(OCCC2CCCC2(N)C#N)c(OC)c1. The van der Waals surface area contributed by atoms with Crippen molar-refractivity contribution in [3.8, 4) is 17.6 Å². The van der Waals surface area contributed by atoms with Crippen molar-refractivity contribution in [3.05, 3.63) is 23.8 Å². The zero-order chi connectivity index (χ0) is 15.3. The number of methoxy groups -OCH3 is 1. The maximum atomic E-state index is 9.22. The van der Waals surface area contributed by atoms with E-state index in [2.05, 4.69) is 19.1 Å². The molecule has 0 aliphatic heterocycles. The standard InChI is InChI=1S/C17H24N2O2/c1-3-13-6-7-15(16(11-13)20-2)21-10-8-14-5-4-9-17(14,19)12-18/h6-7,11,14H,3-5,8-10,19H2,1-2H3. The maximum absolute atomic E-state index is 9.22. The molecule has 0 amide bonds. The summed E-state index contributed by atoms with van der Waals surface area (Å²) < 4.78 is 11.2. The summed E-state index contributed by atoms with van der Waals surface area (Å²) in [6, 6.07) is 8.28. The number of ether oxygens (including phenoxy) is 2. The molecule has 1 aromatic rings. The topological polar surface area (TPSA) is 68.3 Å². The summed E-state index contributed by atoms with van der Waals surface area (Å²) >= 11 is 0. The molecule has 1 aliphatic carbocycles. The van der Waals surface area contributed by atoms with Crippen LogP contribution in [0.15, 0.2) is 18.2 Å². The number of aryl methyl sites for hydroxylation is 1. The molecule has 0 aromatic heterocycles. The van der Waals surface area contributed by atoms with E-state index in [1.807, 2.05) is 12.1 Å². The van der Waals surface area contributed by atoms with Gasteiger partial charge in [-0.3, -0.25) is 0 Å². The Morgan fingerprint density at radius 3 is 2.90 bits per heavy atom. The molecule has 0 radical (unpaired) electrons. The lowest BCUT2D eigenvalue weighted by Gasteiger charge is -2.23. The van der Waals surface area contributed by atoms with E-state index in [0.29, 0.717) is 6.61 Å². The van der Waals surface area contributed by atoms with Gasteiger partial charge in [0.25, 0.3) is 0 Å². The van der Waals surface area contributed by atoms with Crippen molar-refractivity contribution < 1.29 is 9.47 Å². The van der Waals surface area contributed by atoms with Gasteiger partial charge in [0.15, 0.2) is 11.5 Å². The van der Waals surface area contributed by atoms with Crippen LogP contribution in [0.25, 0.3) is 0 Å². The van der Waals surface area contributed by atoms with Gasteiger partial charge in [0, 0.05) is 0 Å². The van der Waals surface area contributed by atoms with Crippen LogP contribution in [0.5, 0.6) is 11.5 Å². The molecular weight excluding hydrogens is 264 g/mol. The van der Waals surface area contributed by atoms with Crippen LogP contribution < -0.4 is 15.2 Å². The van der Waals surface area contributed by atoms with Gasteiger partial charge in [0.2, 0.25) is 0 Å². The molecule has 2 N–H and O–H groups in total. The third-order valence-electron chi connectivity index (χ3n) is 4.44. The van der Waals surface area contributed by atoms with Crippen LogP contribution in [0, 0.1) is 17.2 Å². The molecular formula is C17H24N2O2. The summed E-state index contributed by atoms with van der Waals surface area (Å²) in [5.41, 5.74) is 6.69. The van der Waals surface area contributed by atoms with Crippen molar-refractivity contribution in [2.24, 2.45) is 11.7 Å². The predicted octanol–water partition coefficient (Wildman–Crippen LogP) is 3.05. The van der Waals surface area contributed by atoms with Gasteiger partial charge in [0.05, 0.1) is 19.8 Å². The van der Waals surface area contributed by atoms with Gasteiger partial charge >= 0.3 is 0 Å². The number of rotatable bonds is 6. The van der Waals surface area contributed by atoms with Crippen molar-refractivity contribution >= 4 is 0 Å². The first kappa shape index (κ1) is 15.7. The van der Waals surface area contributed by atoms with E-state index < -0.39 is 5.54 Å². The highest BCUT2D eigenvalue weighted by atomic mass is 16.5. The zero-order valence-corrected chi connectivity index (χ0v) is 12.9. The number of hydrogen-bond donors (Lipinski definition) is 1. The maximum Gasteiger partial charge on any atom is 0.161 e. The van der Waals surface area contributed by atoms with Crippen LogP contribution >= 0.6 is 0 Å². The second-order valence-electron chi connectivity index (χ2n) is 5.72. The lowest BCUT2D eigenvalue weighted by Crippen LogP contribution is -2.42. The van der Waals surface area contributed by atoms with Gasteiger partial charge in [-0.2, -0.15) is 5.26 Å². The van der Waals surface area contributed by atoms with Crippen molar-refractivity contribution in [1.82, 2.24) is 0 Å². The second-order valence-corrected chi connectivity index (χ2v) is 5.72. The molecule has 0 spiro atoms. The van der Waals surface area contributed by atoms with Gasteiger partial charge in [0.1, 0.15) is 5.54 Å².